The van der Waals surface area contributed by atoms with Crippen LogP contribution in [-0.2, 0) is 14.9 Å². The van der Waals surface area contributed by atoms with Gasteiger partial charge in [0, 0.05) is 6.54 Å². The molecule has 0 aliphatic heterocycles. The van der Waals surface area contributed by atoms with Crippen molar-refractivity contribution >= 4 is 16.0 Å². The van der Waals surface area contributed by atoms with E-state index in [0.717, 1.165) is 12.8 Å². The third-order valence-corrected chi connectivity index (χ3v) is 4.38. The summed E-state index contributed by atoms with van der Waals surface area (Å²) in [6, 6.07) is -0.685. The van der Waals surface area contributed by atoms with Gasteiger partial charge in [0.15, 0.2) is 0 Å². The van der Waals surface area contributed by atoms with Gasteiger partial charge in [-0.3, -0.25) is 9.35 Å². The van der Waals surface area contributed by atoms with Gasteiger partial charge in [-0.1, -0.05) is 0 Å². The molecule has 0 aromatic carbocycles. The predicted molar refractivity (Wildman–Crippen MR) is 67.3 cm³/mol. The van der Waals surface area contributed by atoms with E-state index >= 15 is 0 Å². The van der Waals surface area contributed by atoms with Crippen LogP contribution in [0.5, 0.6) is 0 Å². The fraction of sp³-hybridized carbons (Fsp3) is 0.900. The fourth-order valence-corrected chi connectivity index (χ4v) is 2.84. The van der Waals surface area contributed by atoms with E-state index in [1.54, 1.807) is 0 Å². The first-order valence-electron chi connectivity index (χ1n) is 6.06. The molecule has 1 saturated carbocycles. The van der Waals surface area contributed by atoms with Crippen molar-refractivity contribution in [3.05, 3.63) is 0 Å². The molecule has 0 spiro atoms. The Morgan fingerprint density at radius 2 is 2.06 bits per heavy atom. The van der Waals surface area contributed by atoms with Crippen LogP contribution in [0.3, 0.4) is 0 Å². The third kappa shape index (κ3) is 4.89. The molecule has 0 heterocycles. The van der Waals surface area contributed by atoms with Crippen molar-refractivity contribution in [2.24, 2.45) is 17.4 Å². The standard InChI is InChI=1S/C10H21N3O4S/c11-5-1-2-8(12)10(14)13-6-9(7-3-4-7)18(15,16)17/h7-9H,1-6,11-12H2,(H,13,14)(H,15,16,17)/t8-,9?/m0/s1. The van der Waals surface area contributed by atoms with E-state index in [0.29, 0.717) is 19.4 Å². The van der Waals surface area contributed by atoms with E-state index in [1.165, 1.54) is 0 Å². The van der Waals surface area contributed by atoms with Gasteiger partial charge < -0.3 is 16.8 Å². The van der Waals surface area contributed by atoms with Crippen LogP contribution in [0.2, 0.25) is 0 Å². The Labute approximate surface area is 107 Å². The maximum absolute atomic E-state index is 11.6. The Morgan fingerprint density at radius 1 is 1.44 bits per heavy atom. The Bertz CT molecular complexity index is 381. The average molecular weight is 279 g/mol. The van der Waals surface area contributed by atoms with Crippen molar-refractivity contribution < 1.29 is 17.8 Å². The number of hydrogen-bond donors (Lipinski definition) is 4. The van der Waals surface area contributed by atoms with E-state index < -0.39 is 27.3 Å². The van der Waals surface area contributed by atoms with Gasteiger partial charge in [0.05, 0.1) is 6.04 Å². The minimum Gasteiger partial charge on any atom is -0.353 e. The van der Waals surface area contributed by atoms with Crippen molar-refractivity contribution in [3.8, 4) is 0 Å². The summed E-state index contributed by atoms with van der Waals surface area (Å²) < 4.78 is 31.3. The Kier molecular flexibility index (Phi) is 5.51. The molecule has 6 N–H and O–H groups in total. The Hall–Kier alpha value is -0.700. The minimum absolute atomic E-state index is 0.0550. The first-order valence-corrected chi connectivity index (χ1v) is 7.56. The second kappa shape index (κ2) is 6.46. The summed E-state index contributed by atoms with van der Waals surface area (Å²) in [7, 11) is -4.12. The molecule has 1 unspecified atom stereocenters. The van der Waals surface area contributed by atoms with Gasteiger partial charge in [-0.2, -0.15) is 8.42 Å². The smallest absolute Gasteiger partial charge is 0.269 e. The molecule has 0 aromatic heterocycles. The molecule has 0 radical (unpaired) electrons. The zero-order valence-electron chi connectivity index (χ0n) is 10.2. The van der Waals surface area contributed by atoms with Crippen molar-refractivity contribution in [2.75, 3.05) is 13.1 Å². The average Bonchev–Trinajstić information content (AvgIpc) is 3.08. The van der Waals surface area contributed by atoms with Gasteiger partial charge in [-0.05, 0) is 38.1 Å². The lowest BCUT2D eigenvalue weighted by Gasteiger charge is -2.16. The van der Waals surface area contributed by atoms with Crippen LogP contribution in [0.4, 0.5) is 0 Å². The van der Waals surface area contributed by atoms with Crippen LogP contribution in [-0.4, -0.2) is 43.3 Å². The van der Waals surface area contributed by atoms with Crippen LogP contribution < -0.4 is 16.8 Å². The quantitative estimate of drug-likeness (QED) is 0.414. The topological polar surface area (TPSA) is 136 Å². The lowest BCUT2D eigenvalue weighted by atomic mass is 10.1. The molecule has 0 bridgehead atoms. The van der Waals surface area contributed by atoms with Crippen molar-refractivity contribution in [1.82, 2.24) is 5.32 Å². The van der Waals surface area contributed by atoms with Gasteiger partial charge in [-0.25, -0.2) is 0 Å². The fourth-order valence-electron chi connectivity index (χ4n) is 1.78. The van der Waals surface area contributed by atoms with Gasteiger partial charge in [0.25, 0.3) is 10.1 Å². The lowest BCUT2D eigenvalue weighted by molar-refractivity contribution is -0.122. The number of hydrogen-bond acceptors (Lipinski definition) is 5. The maximum atomic E-state index is 11.6. The molecule has 1 aliphatic rings. The molecular weight excluding hydrogens is 258 g/mol. The maximum Gasteiger partial charge on any atom is 0.269 e. The molecule has 7 nitrogen and oxygen atoms in total. The molecule has 106 valence electrons. The van der Waals surface area contributed by atoms with E-state index in [9.17, 15) is 13.2 Å². The predicted octanol–water partition coefficient (Wildman–Crippen LogP) is -1.16. The Morgan fingerprint density at radius 3 is 2.50 bits per heavy atom. The summed E-state index contributed by atoms with van der Waals surface area (Å²) in [5.74, 6) is -0.460. The first kappa shape index (κ1) is 15.4. The third-order valence-electron chi connectivity index (χ3n) is 3.06. The van der Waals surface area contributed by atoms with Crippen molar-refractivity contribution in [2.45, 2.75) is 37.0 Å². The van der Waals surface area contributed by atoms with Gasteiger partial charge in [0.1, 0.15) is 5.25 Å². The van der Waals surface area contributed by atoms with Crippen LogP contribution in [0.1, 0.15) is 25.7 Å². The molecule has 1 aliphatic carbocycles. The van der Waals surface area contributed by atoms with E-state index in [-0.39, 0.29) is 12.5 Å². The molecule has 1 fully saturated rings. The first-order chi connectivity index (χ1) is 8.36. The van der Waals surface area contributed by atoms with E-state index in [4.69, 9.17) is 16.0 Å². The summed E-state index contributed by atoms with van der Waals surface area (Å²) in [5, 5.41) is 1.56. The SMILES string of the molecule is NCCC[C@H](N)C(=O)NCC(C1CC1)S(=O)(=O)O. The molecule has 1 amide bonds. The number of nitrogens with one attached hydrogen (secondary N) is 1. The molecule has 18 heavy (non-hydrogen) atoms. The number of carbonyl (C=O) groups excluding carboxylic acids is 1. The van der Waals surface area contributed by atoms with Crippen LogP contribution in [0.25, 0.3) is 0 Å². The number of amides is 1. The minimum atomic E-state index is -4.12. The van der Waals surface area contributed by atoms with Crippen molar-refractivity contribution in [1.29, 1.82) is 0 Å². The van der Waals surface area contributed by atoms with Gasteiger partial charge in [-0.15, -0.1) is 0 Å². The normalized spacial score (nSPS) is 19.3. The highest BCUT2D eigenvalue weighted by Crippen LogP contribution is 2.35. The zero-order valence-corrected chi connectivity index (χ0v) is 11.0. The van der Waals surface area contributed by atoms with Crippen LogP contribution in [0, 0.1) is 5.92 Å². The summed E-state index contributed by atoms with van der Waals surface area (Å²) >= 11 is 0. The molecular formula is C10H21N3O4S. The lowest BCUT2D eigenvalue weighted by Crippen LogP contribution is -2.45. The van der Waals surface area contributed by atoms with Gasteiger partial charge >= 0.3 is 0 Å². The summed E-state index contributed by atoms with van der Waals surface area (Å²) in [4.78, 5) is 11.6. The molecule has 8 heteroatoms. The van der Waals surface area contributed by atoms with Gasteiger partial charge in [0.2, 0.25) is 5.91 Å². The second-order valence-electron chi connectivity index (χ2n) is 4.67. The van der Waals surface area contributed by atoms with Crippen LogP contribution in [0.15, 0.2) is 0 Å². The monoisotopic (exact) mass is 279 g/mol. The van der Waals surface area contributed by atoms with E-state index in [2.05, 4.69) is 5.32 Å². The number of nitrogens with two attached hydrogens (primary N) is 2. The summed E-state index contributed by atoms with van der Waals surface area (Å²) in [6.45, 7) is 0.370. The molecule has 0 saturated heterocycles. The second-order valence-corrected chi connectivity index (χ2v) is 6.31. The molecule has 1 rings (SSSR count). The summed E-state index contributed by atoms with van der Waals surface area (Å²) in [5.41, 5.74) is 10.9. The largest absolute Gasteiger partial charge is 0.353 e. The Balaban J connectivity index is 2.40. The summed E-state index contributed by atoms with van der Waals surface area (Å²) in [6.07, 6.45) is 2.63. The zero-order chi connectivity index (χ0) is 13.8. The highest BCUT2D eigenvalue weighted by molar-refractivity contribution is 7.86. The van der Waals surface area contributed by atoms with Crippen LogP contribution >= 0.6 is 0 Å². The molecule has 2 atom stereocenters. The van der Waals surface area contributed by atoms with E-state index in [1.807, 2.05) is 0 Å². The molecule has 0 aromatic rings. The number of rotatable bonds is 8. The number of carbonyl (C=O) groups is 1. The highest BCUT2D eigenvalue weighted by Gasteiger charge is 2.39. The van der Waals surface area contributed by atoms with Crippen molar-refractivity contribution in [3.63, 3.8) is 0 Å². The highest BCUT2D eigenvalue weighted by atomic mass is 32.2.